The van der Waals surface area contributed by atoms with Crippen LogP contribution in [0.25, 0.3) is 0 Å². The molecule has 0 aromatic heterocycles. The maximum absolute atomic E-state index is 11.1. The van der Waals surface area contributed by atoms with Crippen LogP contribution in [-0.2, 0) is 0 Å². The van der Waals surface area contributed by atoms with E-state index in [4.69, 9.17) is 0 Å². The number of Topliss-reactive ketones (excluding diaryl/α,β-unsaturated/α-hetero) is 1. The lowest BCUT2D eigenvalue weighted by Gasteiger charge is -2.24. The molecule has 0 saturated carbocycles. The molecular formula is C12H16N2O. The van der Waals surface area contributed by atoms with Crippen molar-refractivity contribution in [2.45, 2.75) is 13.0 Å². The average Bonchev–Trinajstić information content (AvgIpc) is 2.30. The summed E-state index contributed by atoms with van der Waals surface area (Å²) in [4.78, 5) is 11.1. The van der Waals surface area contributed by atoms with E-state index in [-0.39, 0.29) is 5.78 Å². The normalized spacial score (nSPS) is 21.3. The van der Waals surface area contributed by atoms with Crippen molar-refractivity contribution < 1.29 is 4.79 Å². The Kier molecular flexibility index (Phi) is 3.14. The molecule has 0 spiro atoms. The molecule has 80 valence electrons. The highest BCUT2D eigenvalue weighted by atomic mass is 16.1. The van der Waals surface area contributed by atoms with Crippen molar-refractivity contribution in [3.05, 3.63) is 35.4 Å². The quantitative estimate of drug-likeness (QED) is 0.709. The Bertz CT molecular complexity index is 339. The molecule has 0 radical (unpaired) electrons. The maximum Gasteiger partial charge on any atom is 0.159 e. The van der Waals surface area contributed by atoms with Gasteiger partial charge < -0.3 is 10.6 Å². The molecule has 3 nitrogen and oxygen atoms in total. The van der Waals surface area contributed by atoms with Crippen LogP contribution in [0.3, 0.4) is 0 Å². The maximum atomic E-state index is 11.1. The van der Waals surface area contributed by atoms with Crippen molar-refractivity contribution in [3.63, 3.8) is 0 Å². The van der Waals surface area contributed by atoms with Gasteiger partial charge in [-0.15, -0.1) is 0 Å². The molecule has 1 aromatic rings. The van der Waals surface area contributed by atoms with Crippen molar-refractivity contribution >= 4 is 5.78 Å². The minimum Gasteiger partial charge on any atom is -0.314 e. The van der Waals surface area contributed by atoms with Gasteiger partial charge in [-0.05, 0) is 12.5 Å². The molecule has 1 aliphatic rings. The Morgan fingerprint density at radius 2 is 2.00 bits per heavy atom. The first-order chi connectivity index (χ1) is 7.27. The second-order valence-corrected chi connectivity index (χ2v) is 3.89. The molecule has 1 unspecified atom stereocenters. The number of hydrogen-bond donors (Lipinski definition) is 2. The summed E-state index contributed by atoms with van der Waals surface area (Å²) < 4.78 is 0. The second-order valence-electron chi connectivity index (χ2n) is 3.89. The molecule has 1 aliphatic heterocycles. The summed E-state index contributed by atoms with van der Waals surface area (Å²) >= 11 is 0. The third-order valence-electron chi connectivity index (χ3n) is 2.76. The molecule has 15 heavy (non-hydrogen) atoms. The average molecular weight is 204 g/mol. The number of hydrogen-bond acceptors (Lipinski definition) is 3. The van der Waals surface area contributed by atoms with Gasteiger partial charge in [0.1, 0.15) is 0 Å². The molecule has 2 rings (SSSR count). The van der Waals surface area contributed by atoms with Crippen molar-refractivity contribution in [1.82, 2.24) is 10.6 Å². The van der Waals surface area contributed by atoms with E-state index in [1.54, 1.807) is 6.92 Å². The van der Waals surface area contributed by atoms with E-state index < -0.39 is 0 Å². The third kappa shape index (κ3) is 2.43. The molecule has 1 saturated heterocycles. The molecular weight excluding hydrogens is 188 g/mol. The van der Waals surface area contributed by atoms with E-state index in [0.29, 0.717) is 6.04 Å². The van der Waals surface area contributed by atoms with Crippen molar-refractivity contribution in [2.24, 2.45) is 0 Å². The van der Waals surface area contributed by atoms with E-state index in [9.17, 15) is 4.79 Å². The van der Waals surface area contributed by atoms with Crippen molar-refractivity contribution in [1.29, 1.82) is 0 Å². The molecule has 0 amide bonds. The van der Waals surface area contributed by atoms with Crippen LogP contribution in [0.4, 0.5) is 0 Å². The Morgan fingerprint density at radius 1 is 1.27 bits per heavy atom. The first-order valence-electron chi connectivity index (χ1n) is 5.32. The van der Waals surface area contributed by atoms with Crippen LogP contribution in [-0.4, -0.2) is 25.4 Å². The summed E-state index contributed by atoms with van der Waals surface area (Å²) in [5.74, 6) is 0.122. The first kappa shape index (κ1) is 10.3. The van der Waals surface area contributed by atoms with E-state index in [2.05, 4.69) is 10.6 Å². The van der Waals surface area contributed by atoms with E-state index in [1.165, 1.54) is 5.56 Å². The number of carbonyl (C=O) groups excluding carboxylic acids is 1. The Balaban J connectivity index is 2.11. The highest BCUT2D eigenvalue weighted by Gasteiger charge is 2.13. The molecule has 0 aliphatic carbocycles. The van der Waals surface area contributed by atoms with Gasteiger partial charge in [-0.3, -0.25) is 4.79 Å². The van der Waals surface area contributed by atoms with Crippen molar-refractivity contribution in [2.75, 3.05) is 19.6 Å². The minimum atomic E-state index is 0.122. The van der Waals surface area contributed by atoms with Crippen LogP contribution in [0.15, 0.2) is 24.3 Å². The predicted octanol–water partition coefficient (Wildman–Crippen LogP) is 1.12. The lowest BCUT2D eigenvalue weighted by atomic mass is 10.0. The standard InChI is InChI=1S/C12H16N2O/c1-9(15)10-2-4-11(5-3-10)12-8-13-6-7-14-12/h2-5,12-14H,6-8H2,1H3. The zero-order valence-electron chi connectivity index (χ0n) is 8.92. The fraction of sp³-hybridized carbons (Fsp3) is 0.417. The lowest BCUT2D eigenvalue weighted by molar-refractivity contribution is 0.101. The second kappa shape index (κ2) is 4.55. The molecule has 1 fully saturated rings. The summed E-state index contributed by atoms with van der Waals surface area (Å²) in [6.07, 6.45) is 0. The number of nitrogens with one attached hydrogen (secondary N) is 2. The van der Waals surface area contributed by atoms with Gasteiger partial charge in [0.25, 0.3) is 0 Å². The molecule has 1 atom stereocenters. The van der Waals surface area contributed by atoms with Crippen molar-refractivity contribution in [3.8, 4) is 0 Å². The summed E-state index contributed by atoms with van der Waals surface area (Å²) in [5.41, 5.74) is 2.02. The largest absolute Gasteiger partial charge is 0.314 e. The zero-order valence-corrected chi connectivity index (χ0v) is 8.92. The van der Waals surface area contributed by atoms with Crippen LogP contribution in [0.5, 0.6) is 0 Å². The monoisotopic (exact) mass is 204 g/mol. The van der Waals surface area contributed by atoms with E-state index >= 15 is 0 Å². The number of rotatable bonds is 2. The van der Waals surface area contributed by atoms with Gasteiger partial charge in [0.05, 0.1) is 0 Å². The number of piperazine rings is 1. The first-order valence-corrected chi connectivity index (χ1v) is 5.32. The Morgan fingerprint density at radius 3 is 2.53 bits per heavy atom. The fourth-order valence-corrected chi connectivity index (χ4v) is 1.84. The Hall–Kier alpha value is -1.19. The predicted molar refractivity (Wildman–Crippen MR) is 60.1 cm³/mol. The summed E-state index contributed by atoms with van der Waals surface area (Å²) in [7, 11) is 0. The topological polar surface area (TPSA) is 41.1 Å². The highest BCUT2D eigenvalue weighted by Crippen LogP contribution is 2.14. The van der Waals surface area contributed by atoms with Crippen LogP contribution >= 0.6 is 0 Å². The van der Waals surface area contributed by atoms with Crippen LogP contribution in [0.1, 0.15) is 28.9 Å². The highest BCUT2D eigenvalue weighted by molar-refractivity contribution is 5.94. The molecule has 1 aromatic carbocycles. The SMILES string of the molecule is CC(=O)c1ccc(C2CNCCN2)cc1. The molecule has 0 bridgehead atoms. The van der Waals surface area contributed by atoms with Gasteiger partial charge in [-0.2, -0.15) is 0 Å². The smallest absolute Gasteiger partial charge is 0.159 e. The number of ketones is 1. The third-order valence-corrected chi connectivity index (χ3v) is 2.76. The van der Waals surface area contributed by atoms with E-state index in [1.807, 2.05) is 24.3 Å². The minimum absolute atomic E-state index is 0.122. The Labute approximate surface area is 89.9 Å². The van der Waals surface area contributed by atoms with Gasteiger partial charge in [0.15, 0.2) is 5.78 Å². The lowest BCUT2D eigenvalue weighted by Crippen LogP contribution is -2.42. The van der Waals surface area contributed by atoms with Gasteiger partial charge >= 0.3 is 0 Å². The number of carbonyl (C=O) groups is 1. The van der Waals surface area contributed by atoms with E-state index in [0.717, 1.165) is 25.2 Å². The molecule has 2 N–H and O–H groups in total. The molecule has 1 heterocycles. The summed E-state index contributed by atoms with van der Waals surface area (Å²) in [6, 6.07) is 8.23. The van der Waals surface area contributed by atoms with Gasteiger partial charge in [-0.1, -0.05) is 24.3 Å². The van der Waals surface area contributed by atoms with Gasteiger partial charge in [0.2, 0.25) is 0 Å². The zero-order chi connectivity index (χ0) is 10.7. The van der Waals surface area contributed by atoms with Gasteiger partial charge in [0, 0.05) is 31.2 Å². The van der Waals surface area contributed by atoms with Crippen LogP contribution < -0.4 is 10.6 Å². The van der Waals surface area contributed by atoms with Gasteiger partial charge in [-0.25, -0.2) is 0 Å². The molecule has 3 heteroatoms. The fourth-order valence-electron chi connectivity index (χ4n) is 1.84. The summed E-state index contributed by atoms with van der Waals surface area (Å²) in [5, 5.41) is 6.78. The number of benzene rings is 1. The van der Waals surface area contributed by atoms with Crippen LogP contribution in [0.2, 0.25) is 0 Å². The van der Waals surface area contributed by atoms with Crippen LogP contribution in [0, 0.1) is 0 Å². The summed E-state index contributed by atoms with van der Waals surface area (Å²) in [6.45, 7) is 4.58.